The van der Waals surface area contributed by atoms with Crippen LogP contribution in [0.3, 0.4) is 0 Å². The lowest BCUT2D eigenvalue weighted by Crippen LogP contribution is -2.39. The molecule has 0 aromatic heterocycles. The molecule has 6 aromatic carbocycles. The van der Waals surface area contributed by atoms with Crippen LogP contribution in [0.1, 0.15) is 25.0 Å². The quantitative estimate of drug-likeness (QED) is 0.147. The van der Waals surface area contributed by atoms with Crippen molar-refractivity contribution in [2.75, 3.05) is 0 Å². The Morgan fingerprint density at radius 1 is 0.431 bits per heavy atom. The minimum atomic E-state index is -4.81. The van der Waals surface area contributed by atoms with Gasteiger partial charge < -0.3 is 10.2 Å². The molecule has 0 aliphatic rings. The van der Waals surface area contributed by atoms with Crippen molar-refractivity contribution in [2.45, 2.75) is 57.0 Å². The van der Waals surface area contributed by atoms with E-state index in [4.69, 9.17) is 23.2 Å². The van der Waals surface area contributed by atoms with Gasteiger partial charge in [-0.25, -0.2) is 16.8 Å². The Morgan fingerprint density at radius 2 is 0.707 bits per heavy atom. The fourth-order valence-electron chi connectivity index (χ4n) is 5.55. The van der Waals surface area contributed by atoms with Crippen LogP contribution in [0, 0.1) is 0 Å². The van der Waals surface area contributed by atoms with Crippen LogP contribution < -0.4 is 0 Å². The van der Waals surface area contributed by atoms with E-state index < -0.39 is 43.2 Å². The molecule has 0 bridgehead atoms. The van der Waals surface area contributed by atoms with E-state index in [2.05, 4.69) is 0 Å². The summed E-state index contributed by atoms with van der Waals surface area (Å²) in [5, 5.41) is 19.5. The number of benzene rings is 6. The Balaban J connectivity index is 0.000000221. The summed E-state index contributed by atoms with van der Waals surface area (Å²) in [6.45, 7) is 1.37. The van der Waals surface area contributed by atoms with Crippen LogP contribution in [-0.2, 0) is 30.9 Å². The van der Waals surface area contributed by atoms with E-state index in [1.807, 2.05) is 0 Å². The number of sulfone groups is 2. The molecule has 58 heavy (non-hydrogen) atoms. The van der Waals surface area contributed by atoms with Gasteiger partial charge in [0.2, 0.25) is 19.7 Å². The van der Waals surface area contributed by atoms with E-state index in [-0.39, 0.29) is 40.8 Å². The van der Waals surface area contributed by atoms with Crippen molar-refractivity contribution in [1.82, 2.24) is 0 Å². The fraction of sp³-hybridized carbons (Fsp3) is 0.143. The van der Waals surface area contributed by atoms with Gasteiger partial charge in [-0.15, -0.1) is 0 Å². The molecule has 6 nitrogen and oxygen atoms in total. The summed E-state index contributed by atoms with van der Waals surface area (Å²) in [5.74, 6) is 0. The summed E-state index contributed by atoms with van der Waals surface area (Å²) in [7, 11) is -7.60. The molecule has 0 fully saturated rings. The van der Waals surface area contributed by atoms with Crippen molar-refractivity contribution >= 4 is 42.9 Å². The van der Waals surface area contributed by atoms with Crippen LogP contribution in [0.5, 0.6) is 0 Å². The molecule has 0 aliphatic heterocycles. The Morgan fingerprint density at radius 3 is 0.966 bits per heavy atom. The molecule has 0 saturated heterocycles. The van der Waals surface area contributed by atoms with E-state index >= 15 is 0 Å². The first-order chi connectivity index (χ1) is 26.9. The average molecular weight is 882 g/mol. The smallest absolute Gasteiger partial charge is 0.376 e. The summed E-state index contributed by atoms with van der Waals surface area (Å²) in [6, 6.07) is 34.6. The highest BCUT2D eigenvalue weighted by Gasteiger charge is 2.52. The van der Waals surface area contributed by atoms with Gasteiger partial charge in [-0.3, -0.25) is 0 Å². The van der Waals surface area contributed by atoms with Crippen molar-refractivity contribution in [3.05, 3.63) is 167 Å². The first kappa shape index (κ1) is 44.4. The largest absolute Gasteiger partial charge is 0.421 e. The summed E-state index contributed by atoms with van der Waals surface area (Å²) in [5.41, 5.74) is -4.45. The fourth-order valence-corrected chi connectivity index (χ4v) is 9.19. The number of alkyl halides is 6. The zero-order chi connectivity index (χ0) is 42.9. The highest BCUT2D eigenvalue weighted by atomic mass is 35.5. The van der Waals surface area contributed by atoms with Crippen LogP contribution >= 0.6 is 23.2 Å². The minimum Gasteiger partial charge on any atom is -0.376 e. The first-order valence-electron chi connectivity index (χ1n) is 16.9. The minimum absolute atomic E-state index is 0.00211. The topological polar surface area (TPSA) is 109 Å². The zero-order valence-corrected chi connectivity index (χ0v) is 33.4. The number of aliphatic hydroxyl groups is 2. The molecule has 16 heteroatoms. The standard InChI is InChI=1S/2C21H16ClF3O3S/c2*1-20(26,21(23,24)25)16-10-7-14(8-11-16)15-9-12-19(18(22)13-15)29(27,28)17-5-3-2-4-6-17/h2*2-13,26H,1H3/t2*20-/m10/s1. The maximum absolute atomic E-state index is 13.0. The SMILES string of the molecule is C[C@@](O)(c1ccc(-c2ccc(S(=O)(=O)c3ccccc3)c(Cl)c2)cc1)C(F)(F)F.C[C@](O)(c1ccc(-c2ccc(S(=O)(=O)c3ccccc3)c(Cl)c2)cc1)C(F)(F)F. The molecule has 304 valence electrons. The Hall–Kier alpha value is -4.70. The molecular weight excluding hydrogens is 849 g/mol. The molecular formula is C42H32Cl2F6O6S2. The molecule has 0 saturated carbocycles. The first-order valence-corrected chi connectivity index (χ1v) is 20.6. The number of halogens is 8. The maximum Gasteiger partial charge on any atom is 0.421 e. The average Bonchev–Trinajstić information content (AvgIpc) is 3.18. The third-order valence-electron chi connectivity index (χ3n) is 9.21. The second-order valence-electron chi connectivity index (χ2n) is 13.2. The molecule has 0 aliphatic carbocycles. The van der Waals surface area contributed by atoms with E-state index in [1.54, 1.807) is 36.4 Å². The number of hydrogen-bond donors (Lipinski definition) is 2. The molecule has 0 radical (unpaired) electrons. The highest BCUT2D eigenvalue weighted by Crippen LogP contribution is 2.41. The highest BCUT2D eigenvalue weighted by molar-refractivity contribution is 7.92. The number of hydrogen-bond acceptors (Lipinski definition) is 6. The predicted octanol–water partition coefficient (Wildman–Crippen LogP) is 11.2. The van der Waals surface area contributed by atoms with Gasteiger partial charge in [0.05, 0.1) is 29.6 Å². The van der Waals surface area contributed by atoms with Gasteiger partial charge in [0.15, 0.2) is 11.2 Å². The lowest BCUT2D eigenvalue weighted by atomic mass is 9.93. The van der Waals surface area contributed by atoms with Gasteiger partial charge in [0.25, 0.3) is 0 Å². The maximum atomic E-state index is 13.0. The van der Waals surface area contributed by atoms with Crippen molar-refractivity contribution in [1.29, 1.82) is 0 Å². The van der Waals surface area contributed by atoms with E-state index in [9.17, 15) is 53.4 Å². The van der Waals surface area contributed by atoms with Gasteiger partial charge in [0.1, 0.15) is 0 Å². The van der Waals surface area contributed by atoms with Crippen LogP contribution in [0.4, 0.5) is 26.3 Å². The third-order valence-corrected chi connectivity index (χ3v) is 13.7. The van der Waals surface area contributed by atoms with Crippen molar-refractivity contribution in [3.8, 4) is 22.3 Å². The van der Waals surface area contributed by atoms with Crippen LogP contribution in [-0.4, -0.2) is 39.4 Å². The van der Waals surface area contributed by atoms with E-state index in [0.717, 1.165) is 0 Å². The lowest BCUT2D eigenvalue weighted by molar-refractivity contribution is -0.259. The normalized spacial score (nSPS) is 14.4. The second-order valence-corrected chi connectivity index (χ2v) is 17.9. The zero-order valence-electron chi connectivity index (χ0n) is 30.2. The summed E-state index contributed by atoms with van der Waals surface area (Å²) in [4.78, 5) is 0.0817. The van der Waals surface area contributed by atoms with E-state index in [1.165, 1.54) is 109 Å². The molecule has 6 aromatic rings. The van der Waals surface area contributed by atoms with Gasteiger partial charge >= 0.3 is 12.4 Å². The van der Waals surface area contributed by atoms with Gasteiger partial charge in [-0.2, -0.15) is 26.3 Å². The Labute approximate surface area is 340 Å². The molecule has 6 rings (SSSR count). The Bertz CT molecular complexity index is 2430. The number of rotatable bonds is 8. The summed E-state index contributed by atoms with van der Waals surface area (Å²) < 4.78 is 129. The van der Waals surface area contributed by atoms with Crippen molar-refractivity contribution in [2.24, 2.45) is 0 Å². The van der Waals surface area contributed by atoms with Crippen LogP contribution in [0.15, 0.2) is 165 Å². The molecule has 2 atom stereocenters. The van der Waals surface area contributed by atoms with Crippen LogP contribution in [0.2, 0.25) is 10.0 Å². The van der Waals surface area contributed by atoms with Gasteiger partial charge in [0, 0.05) is 0 Å². The molecule has 0 unspecified atom stereocenters. The lowest BCUT2D eigenvalue weighted by Gasteiger charge is -2.26. The second kappa shape index (κ2) is 16.5. The molecule has 2 N–H and O–H groups in total. The third kappa shape index (κ3) is 9.12. The van der Waals surface area contributed by atoms with Crippen LogP contribution in [0.25, 0.3) is 22.3 Å². The Kier molecular flexibility index (Phi) is 12.6. The molecule has 0 amide bonds. The molecule has 0 spiro atoms. The van der Waals surface area contributed by atoms with Gasteiger partial charge in [-0.1, -0.05) is 120 Å². The predicted molar refractivity (Wildman–Crippen MR) is 209 cm³/mol. The summed E-state index contributed by atoms with van der Waals surface area (Å²) >= 11 is 12.4. The van der Waals surface area contributed by atoms with Crippen molar-refractivity contribution in [3.63, 3.8) is 0 Å². The summed E-state index contributed by atoms with van der Waals surface area (Å²) in [6.07, 6.45) is -9.63. The molecule has 0 heterocycles. The van der Waals surface area contributed by atoms with E-state index in [0.29, 0.717) is 36.1 Å². The monoisotopic (exact) mass is 880 g/mol. The van der Waals surface area contributed by atoms with Crippen molar-refractivity contribution < 1.29 is 53.4 Å². The van der Waals surface area contributed by atoms with Gasteiger partial charge in [-0.05, 0) is 95.8 Å².